The summed E-state index contributed by atoms with van der Waals surface area (Å²) in [4.78, 5) is 22.1. The summed E-state index contributed by atoms with van der Waals surface area (Å²) >= 11 is 1.90. The zero-order valence-corrected chi connectivity index (χ0v) is 22.3. The summed E-state index contributed by atoms with van der Waals surface area (Å²) in [5.41, 5.74) is 7.12. The molecule has 5 rings (SSSR count). The Kier molecular flexibility index (Phi) is 11.2. The first kappa shape index (κ1) is 28.4. The molecule has 7 nitrogen and oxygen atoms in total. The Bertz CT molecular complexity index is 1090. The largest absolute Gasteiger partial charge is 0.382 e. The molecule has 1 saturated heterocycles. The number of primary amides is 1. The number of anilines is 2. The minimum atomic E-state index is -0.392. The summed E-state index contributed by atoms with van der Waals surface area (Å²) in [5.74, 6) is 1.70. The van der Waals surface area contributed by atoms with Crippen LogP contribution in [0.5, 0.6) is 0 Å². The van der Waals surface area contributed by atoms with E-state index in [1.165, 1.54) is 4.90 Å². The highest BCUT2D eigenvalue weighted by molar-refractivity contribution is 8.00. The van der Waals surface area contributed by atoms with Gasteiger partial charge in [0.1, 0.15) is 12.5 Å². The summed E-state index contributed by atoms with van der Waals surface area (Å²) in [5, 5.41) is 3.07. The Balaban J connectivity index is 0.000000711. The van der Waals surface area contributed by atoms with E-state index >= 15 is 0 Å². The normalized spacial score (nSPS) is 15.4. The third-order valence-electron chi connectivity index (χ3n) is 5.84. The molecule has 3 N–H and O–H groups in total. The number of carbonyl (C=O) groups is 1. The van der Waals surface area contributed by atoms with E-state index in [9.17, 15) is 4.39 Å². The average Bonchev–Trinajstić information content (AvgIpc) is 3.75. The number of aromatic nitrogens is 2. The Morgan fingerprint density at radius 1 is 1.08 bits per heavy atom. The maximum atomic E-state index is 12.5. The highest BCUT2D eigenvalue weighted by Crippen LogP contribution is 2.59. The molecule has 3 aromatic rings. The molecule has 1 aromatic heterocycles. The van der Waals surface area contributed by atoms with Crippen LogP contribution in [0, 0.1) is 0 Å². The van der Waals surface area contributed by atoms with E-state index in [0.29, 0.717) is 19.8 Å². The molecule has 0 atom stereocenters. The van der Waals surface area contributed by atoms with Gasteiger partial charge in [0.2, 0.25) is 6.41 Å². The smallest absolute Gasteiger partial charge is 0.204 e. The third-order valence-corrected chi connectivity index (χ3v) is 7.36. The van der Waals surface area contributed by atoms with Crippen LogP contribution in [0.25, 0.3) is 11.4 Å². The molecular formula is C28H36FN5O2S. The van der Waals surface area contributed by atoms with Gasteiger partial charge in [-0.3, -0.25) is 4.79 Å². The molecule has 2 fully saturated rings. The van der Waals surface area contributed by atoms with Crippen LogP contribution in [-0.2, 0) is 14.3 Å². The number of ether oxygens (including phenoxy) is 1. The second kappa shape index (κ2) is 14.5. The zero-order valence-electron chi connectivity index (χ0n) is 21.5. The lowest BCUT2D eigenvalue weighted by Gasteiger charge is -2.29. The minimum absolute atomic E-state index is 0.00268. The number of amides is 1. The molecular weight excluding hydrogens is 489 g/mol. The number of thioether (sulfide) groups is 1. The first-order valence-corrected chi connectivity index (χ1v) is 13.5. The van der Waals surface area contributed by atoms with Crippen molar-refractivity contribution in [1.82, 2.24) is 9.97 Å². The lowest BCUT2D eigenvalue weighted by atomic mass is 10.1. The van der Waals surface area contributed by atoms with Crippen molar-refractivity contribution >= 4 is 29.7 Å². The van der Waals surface area contributed by atoms with Crippen molar-refractivity contribution in [3.63, 3.8) is 0 Å². The summed E-state index contributed by atoms with van der Waals surface area (Å²) in [6, 6.07) is 20.7. The van der Waals surface area contributed by atoms with Gasteiger partial charge in [0.15, 0.2) is 5.82 Å². The number of carbonyl (C=O) groups excluding carboxylic acids is 1. The SMILES string of the molecule is CC.FCCNc1ccc(-c2nc(N3CCOCC3)cc(C3(Sc4ccccc4)CC3)n2)cc1.NC=O. The number of nitrogens with two attached hydrogens (primary N) is 1. The minimum Gasteiger partial charge on any atom is -0.382 e. The topological polar surface area (TPSA) is 93.4 Å². The lowest BCUT2D eigenvalue weighted by molar-refractivity contribution is -0.106. The number of nitrogens with zero attached hydrogens (tertiary/aromatic N) is 3. The van der Waals surface area contributed by atoms with Crippen LogP contribution in [-0.4, -0.2) is 55.9 Å². The molecule has 1 aliphatic heterocycles. The van der Waals surface area contributed by atoms with Crippen LogP contribution in [0.3, 0.4) is 0 Å². The molecule has 0 spiro atoms. The molecule has 9 heteroatoms. The number of nitrogens with one attached hydrogen (secondary N) is 1. The van der Waals surface area contributed by atoms with Gasteiger partial charge in [0.25, 0.3) is 0 Å². The molecule has 1 saturated carbocycles. The van der Waals surface area contributed by atoms with Gasteiger partial charge in [-0.15, -0.1) is 11.8 Å². The van der Waals surface area contributed by atoms with E-state index in [1.807, 2.05) is 49.9 Å². The van der Waals surface area contributed by atoms with Crippen LogP contribution in [0.15, 0.2) is 65.6 Å². The van der Waals surface area contributed by atoms with E-state index in [4.69, 9.17) is 19.5 Å². The number of morpholine rings is 1. The summed E-state index contributed by atoms with van der Waals surface area (Å²) < 4.78 is 18.0. The fraction of sp³-hybridized carbons (Fsp3) is 0.393. The second-order valence-electron chi connectivity index (χ2n) is 8.27. The van der Waals surface area contributed by atoms with Crippen LogP contribution in [0.1, 0.15) is 32.4 Å². The van der Waals surface area contributed by atoms with Crippen molar-refractivity contribution in [3.8, 4) is 11.4 Å². The molecule has 0 radical (unpaired) electrons. The molecule has 2 aromatic carbocycles. The Hall–Kier alpha value is -3.17. The summed E-state index contributed by atoms with van der Waals surface area (Å²) in [6.45, 7) is 7.02. The van der Waals surface area contributed by atoms with Gasteiger partial charge in [-0.25, -0.2) is 14.4 Å². The first-order valence-electron chi connectivity index (χ1n) is 12.7. The summed E-state index contributed by atoms with van der Waals surface area (Å²) in [6.07, 6.45) is 2.47. The van der Waals surface area contributed by atoms with Gasteiger partial charge in [-0.1, -0.05) is 32.0 Å². The van der Waals surface area contributed by atoms with Gasteiger partial charge in [0, 0.05) is 41.8 Å². The Labute approximate surface area is 223 Å². The van der Waals surface area contributed by atoms with Crippen molar-refractivity contribution in [3.05, 3.63) is 66.4 Å². The molecule has 1 aliphatic carbocycles. The quantitative estimate of drug-likeness (QED) is 0.387. The van der Waals surface area contributed by atoms with Crippen LogP contribution in [0.4, 0.5) is 15.9 Å². The van der Waals surface area contributed by atoms with E-state index in [0.717, 1.165) is 54.5 Å². The van der Waals surface area contributed by atoms with Gasteiger partial charge in [-0.2, -0.15) is 0 Å². The fourth-order valence-electron chi connectivity index (χ4n) is 3.92. The van der Waals surface area contributed by atoms with Crippen molar-refractivity contribution < 1.29 is 13.9 Å². The fourth-order valence-corrected chi connectivity index (χ4v) is 5.18. The van der Waals surface area contributed by atoms with Crippen molar-refractivity contribution in [2.45, 2.75) is 36.3 Å². The highest BCUT2D eigenvalue weighted by atomic mass is 32.2. The predicted molar refractivity (Wildman–Crippen MR) is 150 cm³/mol. The van der Waals surface area contributed by atoms with Gasteiger partial charge in [0.05, 0.1) is 23.7 Å². The van der Waals surface area contributed by atoms with Crippen molar-refractivity contribution in [2.24, 2.45) is 5.73 Å². The van der Waals surface area contributed by atoms with Crippen molar-refractivity contribution in [1.29, 1.82) is 0 Å². The van der Waals surface area contributed by atoms with Gasteiger partial charge >= 0.3 is 0 Å². The molecule has 2 aliphatic rings. The van der Waals surface area contributed by atoms with E-state index in [2.05, 4.69) is 52.3 Å². The lowest BCUT2D eigenvalue weighted by Crippen LogP contribution is -2.37. The number of halogens is 1. The Morgan fingerprint density at radius 2 is 1.73 bits per heavy atom. The molecule has 0 bridgehead atoms. The number of hydrogen-bond donors (Lipinski definition) is 2. The monoisotopic (exact) mass is 525 g/mol. The van der Waals surface area contributed by atoms with Crippen molar-refractivity contribution in [2.75, 3.05) is 49.7 Å². The highest BCUT2D eigenvalue weighted by Gasteiger charge is 2.47. The number of rotatable bonds is 8. The zero-order chi connectivity index (χ0) is 26.5. The molecule has 1 amide bonds. The molecule has 0 unspecified atom stereocenters. The maximum absolute atomic E-state index is 12.5. The molecule has 198 valence electrons. The standard InChI is InChI=1S/C25H27FN4OS.C2H6.CH3NO/c26-12-13-27-20-8-6-19(7-9-20)24-28-22(18-23(29-24)30-14-16-31-17-15-30)25(10-11-25)32-21-4-2-1-3-5-21;1-2;2-1-3/h1-9,18,27H,10-17H2;1-2H3;1H,(H2,2,3). The predicted octanol–water partition coefficient (Wildman–Crippen LogP) is 5.27. The molecule has 37 heavy (non-hydrogen) atoms. The third kappa shape index (κ3) is 7.90. The van der Waals surface area contributed by atoms with Crippen LogP contribution in [0.2, 0.25) is 0 Å². The second-order valence-corrected chi connectivity index (χ2v) is 9.73. The van der Waals surface area contributed by atoms with E-state index < -0.39 is 6.67 Å². The van der Waals surface area contributed by atoms with E-state index in [1.54, 1.807) is 0 Å². The van der Waals surface area contributed by atoms with Crippen LogP contribution >= 0.6 is 11.8 Å². The van der Waals surface area contributed by atoms with E-state index in [-0.39, 0.29) is 11.2 Å². The number of hydrogen-bond acceptors (Lipinski definition) is 7. The molecule has 2 heterocycles. The average molecular weight is 526 g/mol. The number of benzene rings is 2. The first-order chi connectivity index (χ1) is 18.2. The Morgan fingerprint density at radius 3 is 2.32 bits per heavy atom. The van der Waals surface area contributed by atoms with Gasteiger partial charge in [-0.05, 0) is 49.2 Å². The maximum Gasteiger partial charge on any atom is 0.204 e. The number of alkyl halides is 1. The summed E-state index contributed by atoms with van der Waals surface area (Å²) in [7, 11) is 0. The van der Waals surface area contributed by atoms with Gasteiger partial charge < -0.3 is 20.7 Å². The van der Waals surface area contributed by atoms with Crippen LogP contribution < -0.4 is 16.0 Å².